The molecule has 2 rings (SSSR count). The molecular formula is C15H23NO8S. The molecule has 0 unspecified atom stereocenters. The fourth-order valence-electron chi connectivity index (χ4n) is 2.99. The maximum Gasteiger partial charge on any atom is 0.333 e. The van der Waals surface area contributed by atoms with Gasteiger partial charge in [-0.15, -0.1) is 0 Å². The van der Waals surface area contributed by atoms with Crippen molar-refractivity contribution in [3.05, 3.63) is 0 Å². The second kappa shape index (κ2) is 5.94. The number of rotatable bonds is 4. The highest BCUT2D eigenvalue weighted by Gasteiger charge is 2.72. The van der Waals surface area contributed by atoms with Crippen LogP contribution in [0.3, 0.4) is 0 Å². The number of carbonyl (C=O) groups is 3. The van der Waals surface area contributed by atoms with Crippen molar-refractivity contribution in [1.29, 1.82) is 0 Å². The van der Waals surface area contributed by atoms with E-state index in [1.165, 1.54) is 13.8 Å². The Balaban J connectivity index is 2.14. The van der Waals surface area contributed by atoms with Crippen molar-refractivity contribution in [3.8, 4) is 0 Å². The van der Waals surface area contributed by atoms with Gasteiger partial charge in [0.2, 0.25) is 12.7 Å². The number of hydrogen-bond donors (Lipinski definition) is 1. The molecule has 10 heteroatoms. The molecule has 0 aromatic carbocycles. The Labute approximate surface area is 146 Å². The van der Waals surface area contributed by atoms with Gasteiger partial charge in [0.05, 0.1) is 22.7 Å². The lowest BCUT2D eigenvalue weighted by Gasteiger charge is -2.42. The van der Waals surface area contributed by atoms with Crippen molar-refractivity contribution < 1.29 is 37.4 Å². The third-order valence-corrected chi connectivity index (χ3v) is 7.48. The number of nitrogens with zero attached hydrogens (tertiary/aromatic N) is 1. The Morgan fingerprint density at radius 2 is 1.80 bits per heavy atom. The number of β-lactam (4-membered cyclic amide) rings is 1. The molecule has 0 saturated carbocycles. The summed E-state index contributed by atoms with van der Waals surface area (Å²) in [5, 5.41) is 7.98. The van der Waals surface area contributed by atoms with E-state index < -0.39 is 68.6 Å². The number of sulfone groups is 1. The number of aliphatic hydroxyl groups is 1. The fraction of sp³-hybridized carbons (Fsp3) is 0.800. The van der Waals surface area contributed by atoms with Gasteiger partial charge >= 0.3 is 11.9 Å². The van der Waals surface area contributed by atoms with Crippen LogP contribution in [-0.2, 0) is 33.7 Å². The molecule has 0 aromatic rings. The first-order valence-electron chi connectivity index (χ1n) is 7.78. The smallest absolute Gasteiger partial charge is 0.333 e. The van der Waals surface area contributed by atoms with Gasteiger partial charge in [-0.2, -0.15) is 0 Å². The van der Waals surface area contributed by atoms with Crippen LogP contribution in [0.15, 0.2) is 0 Å². The summed E-state index contributed by atoms with van der Waals surface area (Å²) >= 11 is 0. The molecule has 2 saturated heterocycles. The van der Waals surface area contributed by atoms with E-state index in [0.717, 1.165) is 4.90 Å². The molecule has 0 aromatic heterocycles. The number of amides is 1. The number of esters is 2. The van der Waals surface area contributed by atoms with Crippen LogP contribution in [0.2, 0.25) is 0 Å². The highest BCUT2D eigenvalue weighted by Crippen LogP contribution is 2.48. The van der Waals surface area contributed by atoms with E-state index in [1.54, 1.807) is 20.8 Å². The summed E-state index contributed by atoms with van der Waals surface area (Å²) < 4.78 is 33.4. The van der Waals surface area contributed by atoms with Crippen molar-refractivity contribution in [3.63, 3.8) is 0 Å². The Bertz CT molecular complexity index is 706. The van der Waals surface area contributed by atoms with Gasteiger partial charge in [0.25, 0.3) is 0 Å². The van der Waals surface area contributed by atoms with Crippen LogP contribution >= 0.6 is 0 Å². The zero-order valence-electron chi connectivity index (χ0n) is 14.8. The molecule has 0 radical (unpaired) electrons. The van der Waals surface area contributed by atoms with Crippen LogP contribution in [0.25, 0.3) is 0 Å². The topological polar surface area (TPSA) is 127 Å². The van der Waals surface area contributed by atoms with Crippen molar-refractivity contribution in [1.82, 2.24) is 4.90 Å². The first-order chi connectivity index (χ1) is 11.3. The molecule has 9 nitrogen and oxygen atoms in total. The number of hydrogen-bond acceptors (Lipinski definition) is 8. The lowest BCUT2D eigenvalue weighted by Crippen LogP contribution is -2.64. The predicted molar refractivity (Wildman–Crippen MR) is 84.5 cm³/mol. The van der Waals surface area contributed by atoms with Crippen LogP contribution in [0, 0.1) is 11.3 Å². The molecule has 0 bridgehead atoms. The lowest BCUT2D eigenvalue weighted by molar-refractivity contribution is -0.181. The average molecular weight is 377 g/mol. The van der Waals surface area contributed by atoms with Crippen molar-refractivity contribution in [2.75, 3.05) is 13.4 Å². The number of carbonyl (C=O) groups excluding carboxylic acids is 3. The molecule has 0 spiro atoms. The SMILES string of the molecule is CC(C)(C)C(=O)OCOC(=O)[C@H]1N2C(=O)[C@@H](CO)[C@H]2S(=O)(=O)C1(C)C. The third kappa shape index (κ3) is 2.80. The normalized spacial score (nSPS) is 29.6. The molecule has 1 N–H and O–H groups in total. The zero-order valence-corrected chi connectivity index (χ0v) is 15.6. The standard InChI is InChI=1S/C15H23NO8S/c1-14(2,3)13(20)24-7-23-12(19)9-15(4,5)25(21,22)11-8(6-17)10(18)16(9)11/h8-9,11,17H,6-7H2,1-5H3/t8-,9-,11-/m1/s1. The second-order valence-electron chi connectivity index (χ2n) is 7.74. The highest BCUT2D eigenvalue weighted by molar-refractivity contribution is 7.93. The predicted octanol–water partition coefficient (Wildman–Crippen LogP) is -0.571. The maximum absolute atomic E-state index is 12.6. The maximum atomic E-state index is 12.6. The Morgan fingerprint density at radius 3 is 2.28 bits per heavy atom. The fourth-order valence-corrected chi connectivity index (χ4v) is 5.30. The van der Waals surface area contributed by atoms with E-state index in [-0.39, 0.29) is 0 Å². The molecule has 1 amide bonds. The minimum Gasteiger partial charge on any atom is -0.427 e. The summed E-state index contributed by atoms with van der Waals surface area (Å²) in [7, 11) is -3.88. The Kier molecular flexibility index (Phi) is 4.67. The number of aliphatic hydroxyl groups excluding tert-OH is 1. The summed E-state index contributed by atoms with van der Waals surface area (Å²) in [5.74, 6) is -3.24. The second-order valence-corrected chi connectivity index (χ2v) is 10.4. The van der Waals surface area contributed by atoms with Gasteiger partial charge in [0, 0.05) is 0 Å². The monoisotopic (exact) mass is 377 g/mol. The first kappa shape index (κ1) is 19.6. The Hall–Kier alpha value is -1.68. The van der Waals surface area contributed by atoms with Crippen LogP contribution < -0.4 is 0 Å². The van der Waals surface area contributed by atoms with Crippen LogP contribution in [0.1, 0.15) is 34.6 Å². The average Bonchev–Trinajstić information content (AvgIpc) is 2.61. The van der Waals surface area contributed by atoms with Gasteiger partial charge in [-0.3, -0.25) is 9.59 Å². The molecule has 2 heterocycles. The van der Waals surface area contributed by atoms with Crippen LogP contribution in [0.4, 0.5) is 0 Å². The van der Waals surface area contributed by atoms with Gasteiger partial charge in [-0.1, -0.05) is 0 Å². The molecule has 0 aliphatic carbocycles. The van der Waals surface area contributed by atoms with E-state index in [0.29, 0.717) is 0 Å². The largest absolute Gasteiger partial charge is 0.427 e. The summed E-state index contributed by atoms with van der Waals surface area (Å²) in [6.07, 6.45) is 0. The van der Waals surface area contributed by atoms with E-state index in [2.05, 4.69) is 0 Å². The first-order valence-corrected chi connectivity index (χ1v) is 9.33. The van der Waals surface area contributed by atoms with Crippen molar-refractivity contribution >= 4 is 27.7 Å². The number of fused-ring (bicyclic) bond motifs is 1. The van der Waals surface area contributed by atoms with Crippen LogP contribution in [0.5, 0.6) is 0 Å². The van der Waals surface area contributed by atoms with E-state index >= 15 is 0 Å². The van der Waals surface area contributed by atoms with Gasteiger partial charge in [-0.05, 0) is 34.6 Å². The lowest BCUT2D eigenvalue weighted by atomic mass is 9.92. The quantitative estimate of drug-likeness (QED) is 0.392. The summed E-state index contributed by atoms with van der Waals surface area (Å²) in [6.45, 7) is 6.26. The van der Waals surface area contributed by atoms with E-state index in [9.17, 15) is 27.9 Å². The van der Waals surface area contributed by atoms with E-state index in [1.807, 2.05) is 0 Å². The van der Waals surface area contributed by atoms with Crippen LogP contribution in [-0.4, -0.2) is 65.8 Å². The molecule has 3 atom stereocenters. The van der Waals surface area contributed by atoms with Gasteiger partial charge < -0.3 is 19.5 Å². The molecule has 142 valence electrons. The Morgan fingerprint density at radius 1 is 1.24 bits per heavy atom. The summed E-state index contributed by atoms with van der Waals surface area (Å²) in [4.78, 5) is 37.1. The number of ether oxygens (including phenoxy) is 2. The summed E-state index contributed by atoms with van der Waals surface area (Å²) in [6, 6.07) is -1.36. The molecule has 2 aliphatic heterocycles. The van der Waals surface area contributed by atoms with Crippen molar-refractivity contribution in [2.24, 2.45) is 11.3 Å². The molecule has 2 fully saturated rings. The van der Waals surface area contributed by atoms with Gasteiger partial charge in [-0.25, -0.2) is 13.2 Å². The van der Waals surface area contributed by atoms with E-state index in [4.69, 9.17) is 9.47 Å². The zero-order chi connectivity index (χ0) is 19.4. The molecule has 2 aliphatic rings. The molecule has 25 heavy (non-hydrogen) atoms. The highest BCUT2D eigenvalue weighted by atomic mass is 32.2. The molecular weight excluding hydrogens is 354 g/mol. The summed E-state index contributed by atoms with van der Waals surface area (Å²) in [5.41, 5.74) is -0.782. The van der Waals surface area contributed by atoms with Gasteiger partial charge in [0.1, 0.15) is 11.4 Å². The minimum absolute atomic E-state index is 0.586. The third-order valence-electron chi connectivity index (χ3n) is 4.60. The van der Waals surface area contributed by atoms with Gasteiger partial charge in [0.15, 0.2) is 9.84 Å². The van der Waals surface area contributed by atoms with Crippen molar-refractivity contribution in [2.45, 2.75) is 50.8 Å². The minimum atomic E-state index is -3.88.